The lowest BCUT2D eigenvalue weighted by Crippen LogP contribution is -2.22. The Kier molecular flexibility index (Phi) is 4.16. The Morgan fingerprint density at radius 2 is 2.06 bits per heavy atom. The molecule has 0 unspecified atom stereocenters. The molecule has 1 rings (SSSR count). The molecule has 0 aromatic carbocycles. The number of cyclic esters (lactones) is 1. The van der Waals surface area contributed by atoms with Gasteiger partial charge in [-0.1, -0.05) is 0 Å². The maximum Gasteiger partial charge on any atom is 0.346 e. The fourth-order valence-corrected chi connectivity index (χ4v) is 1.65. The summed E-state index contributed by atoms with van der Waals surface area (Å²) >= 11 is 0. The van der Waals surface area contributed by atoms with Crippen molar-refractivity contribution in [2.24, 2.45) is 0 Å². The Morgan fingerprint density at radius 3 is 2.56 bits per heavy atom. The van der Waals surface area contributed by atoms with Crippen LogP contribution < -0.4 is 0 Å². The summed E-state index contributed by atoms with van der Waals surface area (Å²) in [7, 11) is 3.71. The molecule has 5 heteroatoms. The molecule has 0 spiro atoms. The minimum absolute atomic E-state index is 0.0139. The third-order valence-corrected chi connectivity index (χ3v) is 2.49. The van der Waals surface area contributed by atoms with Gasteiger partial charge in [-0.05, 0) is 33.0 Å². The van der Waals surface area contributed by atoms with Crippen LogP contribution in [0, 0.1) is 0 Å². The van der Waals surface area contributed by atoms with Gasteiger partial charge in [0.15, 0.2) is 5.57 Å². The predicted octanol–water partition coefficient (Wildman–Crippen LogP) is 1.26. The van der Waals surface area contributed by atoms with Gasteiger partial charge in [0.05, 0.1) is 6.61 Å². The number of esters is 2. The van der Waals surface area contributed by atoms with Crippen LogP contribution in [0.4, 0.5) is 0 Å². The van der Waals surface area contributed by atoms with E-state index in [4.69, 9.17) is 9.47 Å². The van der Waals surface area contributed by atoms with Crippen molar-refractivity contribution in [3.63, 3.8) is 0 Å². The summed E-state index contributed by atoms with van der Waals surface area (Å²) in [5.41, 5.74) is -0.286. The van der Waals surface area contributed by atoms with Gasteiger partial charge in [-0.3, -0.25) is 0 Å². The molecule has 0 aromatic rings. The standard InChI is InChI=1S/C13H19NO4/c1-6-17-11(15)10-9(7-8-14(4)5)13(2,3)18-12(10)16/h7-8H,6H2,1-5H3. The molecule has 0 radical (unpaired) electrons. The first-order valence-corrected chi connectivity index (χ1v) is 5.79. The van der Waals surface area contributed by atoms with Crippen LogP contribution in [-0.2, 0) is 19.1 Å². The first-order valence-electron chi connectivity index (χ1n) is 5.79. The van der Waals surface area contributed by atoms with Crippen molar-refractivity contribution < 1.29 is 19.1 Å². The topological polar surface area (TPSA) is 55.8 Å². The molecular weight excluding hydrogens is 234 g/mol. The summed E-state index contributed by atoms with van der Waals surface area (Å²) in [5.74, 6) is -1.26. The Morgan fingerprint density at radius 1 is 1.44 bits per heavy atom. The lowest BCUT2D eigenvalue weighted by atomic mass is 9.95. The van der Waals surface area contributed by atoms with Crippen molar-refractivity contribution >= 4 is 11.9 Å². The summed E-state index contributed by atoms with van der Waals surface area (Å²) in [5, 5.41) is 0. The second-order valence-corrected chi connectivity index (χ2v) is 4.69. The molecule has 0 aromatic heterocycles. The van der Waals surface area contributed by atoms with Crippen molar-refractivity contribution in [3.8, 4) is 0 Å². The fraction of sp³-hybridized carbons (Fsp3) is 0.538. The van der Waals surface area contributed by atoms with Gasteiger partial charge < -0.3 is 14.4 Å². The van der Waals surface area contributed by atoms with E-state index in [1.54, 1.807) is 33.0 Å². The molecule has 0 saturated heterocycles. The molecule has 0 fully saturated rings. The minimum atomic E-state index is -0.814. The van der Waals surface area contributed by atoms with Crippen molar-refractivity contribution in [3.05, 3.63) is 23.4 Å². The van der Waals surface area contributed by atoms with Gasteiger partial charge in [0, 0.05) is 19.7 Å². The van der Waals surface area contributed by atoms with E-state index in [-0.39, 0.29) is 12.2 Å². The van der Waals surface area contributed by atoms with Crippen LogP contribution in [0.25, 0.3) is 0 Å². The SMILES string of the molecule is CCOC(=O)C1=C(C=CN(C)C)C(C)(C)OC1=O. The first kappa shape index (κ1) is 14.3. The molecule has 0 atom stereocenters. The Bertz CT molecular complexity index is 419. The van der Waals surface area contributed by atoms with Gasteiger partial charge in [0.25, 0.3) is 0 Å². The zero-order valence-electron chi connectivity index (χ0n) is 11.4. The molecule has 18 heavy (non-hydrogen) atoms. The molecule has 1 aliphatic rings. The zero-order chi connectivity index (χ0) is 13.9. The van der Waals surface area contributed by atoms with Crippen LogP contribution in [0.5, 0.6) is 0 Å². The van der Waals surface area contributed by atoms with Gasteiger partial charge in [0.2, 0.25) is 0 Å². The summed E-state index contributed by atoms with van der Waals surface area (Å²) in [6.07, 6.45) is 3.47. The highest BCUT2D eigenvalue weighted by molar-refractivity contribution is 6.17. The van der Waals surface area contributed by atoms with E-state index >= 15 is 0 Å². The number of hydrogen-bond acceptors (Lipinski definition) is 5. The summed E-state index contributed by atoms with van der Waals surface area (Å²) in [6, 6.07) is 0. The van der Waals surface area contributed by atoms with Crippen molar-refractivity contribution in [1.29, 1.82) is 0 Å². The quantitative estimate of drug-likeness (QED) is 0.557. The van der Waals surface area contributed by atoms with Gasteiger partial charge in [0.1, 0.15) is 5.60 Å². The van der Waals surface area contributed by atoms with E-state index in [1.807, 2.05) is 19.0 Å². The Balaban J connectivity index is 3.20. The third-order valence-electron chi connectivity index (χ3n) is 2.49. The van der Waals surface area contributed by atoms with Gasteiger partial charge in [-0.2, -0.15) is 0 Å². The molecule has 100 valence electrons. The van der Waals surface area contributed by atoms with E-state index in [2.05, 4.69) is 0 Å². The largest absolute Gasteiger partial charge is 0.462 e. The number of ether oxygens (including phenoxy) is 2. The lowest BCUT2D eigenvalue weighted by Gasteiger charge is -2.19. The molecule has 0 bridgehead atoms. The monoisotopic (exact) mass is 253 g/mol. The molecule has 0 N–H and O–H groups in total. The Labute approximate surface area is 107 Å². The maximum absolute atomic E-state index is 11.8. The smallest absolute Gasteiger partial charge is 0.346 e. The fourth-order valence-electron chi connectivity index (χ4n) is 1.65. The van der Waals surface area contributed by atoms with Crippen LogP contribution in [0.2, 0.25) is 0 Å². The van der Waals surface area contributed by atoms with Crippen LogP contribution in [-0.4, -0.2) is 43.1 Å². The number of carbonyl (C=O) groups is 2. The molecular formula is C13H19NO4. The van der Waals surface area contributed by atoms with E-state index in [0.717, 1.165) is 0 Å². The molecule has 1 heterocycles. The second-order valence-electron chi connectivity index (χ2n) is 4.69. The van der Waals surface area contributed by atoms with Gasteiger partial charge in [-0.25, -0.2) is 9.59 Å². The van der Waals surface area contributed by atoms with Crippen molar-refractivity contribution in [2.75, 3.05) is 20.7 Å². The number of nitrogens with zero attached hydrogens (tertiary/aromatic N) is 1. The first-order chi connectivity index (χ1) is 8.29. The lowest BCUT2D eigenvalue weighted by molar-refractivity contribution is -0.148. The highest BCUT2D eigenvalue weighted by atomic mass is 16.6. The summed E-state index contributed by atoms with van der Waals surface area (Å²) in [4.78, 5) is 25.3. The highest BCUT2D eigenvalue weighted by Gasteiger charge is 2.42. The minimum Gasteiger partial charge on any atom is -0.462 e. The predicted molar refractivity (Wildman–Crippen MR) is 66.7 cm³/mol. The average Bonchev–Trinajstić information content (AvgIpc) is 2.44. The Hall–Kier alpha value is -1.78. The maximum atomic E-state index is 11.8. The molecule has 0 aliphatic carbocycles. The normalized spacial score (nSPS) is 18.2. The number of carbonyl (C=O) groups excluding carboxylic acids is 2. The molecule has 0 amide bonds. The van der Waals surface area contributed by atoms with E-state index in [1.165, 1.54) is 0 Å². The summed E-state index contributed by atoms with van der Waals surface area (Å²) < 4.78 is 10.1. The van der Waals surface area contributed by atoms with Crippen molar-refractivity contribution in [1.82, 2.24) is 4.90 Å². The number of rotatable bonds is 4. The zero-order valence-corrected chi connectivity index (χ0v) is 11.4. The molecule has 0 saturated carbocycles. The third kappa shape index (κ3) is 2.91. The van der Waals surface area contributed by atoms with Crippen molar-refractivity contribution in [2.45, 2.75) is 26.4 Å². The second kappa shape index (κ2) is 5.25. The van der Waals surface area contributed by atoms with E-state index in [9.17, 15) is 9.59 Å². The molecule has 5 nitrogen and oxygen atoms in total. The van der Waals surface area contributed by atoms with E-state index in [0.29, 0.717) is 5.57 Å². The number of hydrogen-bond donors (Lipinski definition) is 0. The highest BCUT2D eigenvalue weighted by Crippen LogP contribution is 2.33. The van der Waals surface area contributed by atoms with Crippen LogP contribution in [0.3, 0.4) is 0 Å². The van der Waals surface area contributed by atoms with Crippen LogP contribution in [0.15, 0.2) is 23.4 Å². The van der Waals surface area contributed by atoms with Crippen LogP contribution >= 0.6 is 0 Å². The molecule has 1 aliphatic heterocycles. The average molecular weight is 253 g/mol. The van der Waals surface area contributed by atoms with Gasteiger partial charge >= 0.3 is 11.9 Å². The van der Waals surface area contributed by atoms with Crippen LogP contribution in [0.1, 0.15) is 20.8 Å². The van der Waals surface area contributed by atoms with E-state index < -0.39 is 17.5 Å². The van der Waals surface area contributed by atoms with Gasteiger partial charge in [-0.15, -0.1) is 0 Å². The summed E-state index contributed by atoms with van der Waals surface area (Å²) in [6.45, 7) is 5.40.